The van der Waals surface area contributed by atoms with E-state index in [1.807, 2.05) is 0 Å². The molecule has 11 heteroatoms. The SMILES string of the molecule is COc1ccc(C(=O)[C@@]23O[C@@]4(c5ccc(OC)cc5)O[C@](c5ccc(OC)cc5)(OC2=O)[C@@]3(C(=O)c2ccc(OC)cc2)O4)cc1. The molecular weight excluding hydrogens is 596 g/mol. The van der Waals surface area contributed by atoms with Crippen LogP contribution in [0.3, 0.4) is 0 Å². The lowest BCUT2D eigenvalue weighted by Crippen LogP contribution is -2.68. The summed E-state index contributed by atoms with van der Waals surface area (Å²) in [7, 11) is 5.98. The van der Waals surface area contributed by atoms with Crippen molar-refractivity contribution in [3.05, 3.63) is 119 Å². The van der Waals surface area contributed by atoms with E-state index in [0.717, 1.165) is 0 Å². The number of ether oxygens (including phenoxy) is 8. The molecule has 0 saturated carbocycles. The molecule has 3 fully saturated rings. The first-order valence-electron chi connectivity index (χ1n) is 14.2. The molecule has 4 atom stereocenters. The molecule has 0 amide bonds. The maximum absolute atomic E-state index is 15.1. The monoisotopic (exact) mass is 624 g/mol. The molecule has 234 valence electrons. The molecule has 0 aromatic heterocycles. The third-order valence-corrected chi connectivity index (χ3v) is 8.59. The van der Waals surface area contributed by atoms with E-state index in [9.17, 15) is 9.59 Å². The van der Waals surface area contributed by atoms with Gasteiger partial charge in [0.15, 0.2) is 0 Å². The molecule has 0 radical (unpaired) electrons. The summed E-state index contributed by atoms with van der Waals surface area (Å²) in [6, 6.07) is 25.1. The van der Waals surface area contributed by atoms with Crippen molar-refractivity contribution in [2.24, 2.45) is 0 Å². The molecule has 0 spiro atoms. The van der Waals surface area contributed by atoms with Gasteiger partial charge in [0.1, 0.15) is 23.0 Å². The highest BCUT2D eigenvalue weighted by atomic mass is 17.0. The maximum Gasteiger partial charge on any atom is 0.353 e. The molecule has 0 N–H and O–H groups in total. The summed E-state index contributed by atoms with van der Waals surface area (Å²) in [5.41, 5.74) is -4.58. The number of ketones is 2. The van der Waals surface area contributed by atoms with E-state index in [0.29, 0.717) is 23.0 Å². The molecule has 3 saturated heterocycles. The van der Waals surface area contributed by atoms with Gasteiger partial charge in [0.25, 0.3) is 17.0 Å². The van der Waals surface area contributed by atoms with Crippen molar-refractivity contribution in [3.8, 4) is 23.0 Å². The predicted octanol–water partition coefficient (Wildman–Crippen LogP) is 4.56. The van der Waals surface area contributed by atoms with Crippen LogP contribution in [0.5, 0.6) is 23.0 Å². The molecule has 3 aliphatic rings. The highest BCUT2D eigenvalue weighted by molar-refractivity contribution is 6.25. The van der Waals surface area contributed by atoms with E-state index in [1.165, 1.54) is 52.7 Å². The highest BCUT2D eigenvalue weighted by Gasteiger charge is 2.97. The van der Waals surface area contributed by atoms with Crippen LogP contribution in [0.25, 0.3) is 0 Å². The Morgan fingerprint density at radius 1 is 0.522 bits per heavy atom. The van der Waals surface area contributed by atoms with Crippen LogP contribution in [0.1, 0.15) is 31.8 Å². The smallest absolute Gasteiger partial charge is 0.353 e. The number of esters is 1. The zero-order valence-electron chi connectivity index (χ0n) is 25.2. The van der Waals surface area contributed by atoms with Crippen LogP contribution in [0.4, 0.5) is 0 Å². The summed E-state index contributed by atoms with van der Waals surface area (Å²) >= 11 is 0. The third-order valence-electron chi connectivity index (χ3n) is 8.59. The quantitative estimate of drug-likeness (QED) is 0.140. The molecule has 2 bridgehead atoms. The van der Waals surface area contributed by atoms with Gasteiger partial charge in [-0.25, -0.2) is 4.79 Å². The molecule has 4 aromatic rings. The molecule has 46 heavy (non-hydrogen) atoms. The predicted molar refractivity (Wildman–Crippen MR) is 159 cm³/mol. The van der Waals surface area contributed by atoms with Gasteiger partial charge in [0.05, 0.1) is 28.4 Å². The van der Waals surface area contributed by atoms with Gasteiger partial charge in [0, 0.05) is 22.3 Å². The minimum atomic E-state index is -2.66. The lowest BCUT2D eigenvalue weighted by atomic mass is 9.69. The van der Waals surface area contributed by atoms with Crippen LogP contribution in [0, 0.1) is 0 Å². The van der Waals surface area contributed by atoms with Gasteiger partial charge in [-0.1, -0.05) is 0 Å². The molecule has 0 unspecified atom stereocenters. The van der Waals surface area contributed by atoms with Crippen LogP contribution < -0.4 is 18.9 Å². The number of rotatable bonds is 10. The Bertz CT molecular complexity index is 1840. The Hall–Kier alpha value is -5.23. The van der Waals surface area contributed by atoms with E-state index in [1.54, 1.807) is 72.8 Å². The van der Waals surface area contributed by atoms with Gasteiger partial charge in [-0.15, -0.1) is 0 Å². The van der Waals surface area contributed by atoms with Crippen molar-refractivity contribution < 1.29 is 52.3 Å². The first-order valence-corrected chi connectivity index (χ1v) is 14.2. The first kappa shape index (κ1) is 29.5. The Balaban J connectivity index is 1.52. The number of hydrogen-bond acceptors (Lipinski definition) is 11. The second-order valence-corrected chi connectivity index (χ2v) is 10.8. The van der Waals surface area contributed by atoms with Gasteiger partial charge < -0.3 is 23.7 Å². The topological polar surface area (TPSA) is 125 Å². The summed E-state index contributed by atoms with van der Waals surface area (Å²) in [4.78, 5) is 44.3. The largest absolute Gasteiger partial charge is 0.497 e. The summed E-state index contributed by atoms with van der Waals surface area (Å²) in [5.74, 6) is -5.37. The minimum Gasteiger partial charge on any atom is -0.497 e. The summed E-state index contributed by atoms with van der Waals surface area (Å²) in [5, 5.41) is 0. The van der Waals surface area contributed by atoms with Crippen LogP contribution in [0.15, 0.2) is 97.1 Å². The average molecular weight is 625 g/mol. The number of Topliss-reactive ketones (excluding diaryl/α,β-unsaturated/α-hetero) is 2. The molecule has 7 rings (SSSR count). The van der Waals surface area contributed by atoms with E-state index < -0.39 is 40.5 Å². The van der Waals surface area contributed by atoms with Crippen molar-refractivity contribution in [2.45, 2.75) is 23.0 Å². The van der Waals surface area contributed by atoms with Crippen molar-refractivity contribution in [1.82, 2.24) is 0 Å². The first-order chi connectivity index (χ1) is 22.2. The molecule has 3 aliphatic heterocycles. The Labute approximate surface area is 263 Å². The molecule has 3 heterocycles. The lowest BCUT2D eigenvalue weighted by Gasteiger charge is -2.40. The van der Waals surface area contributed by atoms with E-state index in [-0.39, 0.29) is 22.3 Å². The number of fused-ring (bicyclic) bond motifs is 1. The van der Waals surface area contributed by atoms with Crippen molar-refractivity contribution in [1.29, 1.82) is 0 Å². The zero-order valence-corrected chi connectivity index (χ0v) is 25.2. The highest BCUT2D eigenvalue weighted by Crippen LogP contribution is 2.72. The number of benzene rings is 4. The Kier molecular flexibility index (Phi) is 6.67. The van der Waals surface area contributed by atoms with Crippen LogP contribution in [-0.4, -0.2) is 57.2 Å². The third kappa shape index (κ3) is 3.73. The van der Waals surface area contributed by atoms with Gasteiger partial charge in [-0.05, 0) is 97.1 Å². The van der Waals surface area contributed by atoms with Crippen molar-refractivity contribution in [3.63, 3.8) is 0 Å². The number of carbonyl (C=O) groups is 3. The van der Waals surface area contributed by atoms with E-state index in [4.69, 9.17) is 37.9 Å². The van der Waals surface area contributed by atoms with Crippen molar-refractivity contribution in [2.75, 3.05) is 28.4 Å². The second kappa shape index (κ2) is 10.4. The minimum absolute atomic E-state index is 0.0474. The van der Waals surface area contributed by atoms with Gasteiger partial charge in [0.2, 0.25) is 11.6 Å². The van der Waals surface area contributed by atoms with Crippen LogP contribution in [-0.2, 0) is 35.5 Å². The van der Waals surface area contributed by atoms with Gasteiger partial charge in [-0.3, -0.25) is 23.8 Å². The van der Waals surface area contributed by atoms with E-state index in [2.05, 4.69) is 0 Å². The summed E-state index contributed by atoms with van der Waals surface area (Å²) in [6.45, 7) is 0. The maximum atomic E-state index is 15.1. The second-order valence-electron chi connectivity index (χ2n) is 10.8. The average Bonchev–Trinajstić information content (AvgIpc) is 3.63. The number of hydrogen-bond donors (Lipinski definition) is 0. The number of methoxy groups -OCH3 is 4. The molecular formula is C35H28O11. The van der Waals surface area contributed by atoms with Gasteiger partial charge in [-0.2, -0.15) is 0 Å². The fourth-order valence-corrected chi connectivity index (χ4v) is 6.30. The normalized spacial score (nSPS) is 27.2. The lowest BCUT2D eigenvalue weighted by molar-refractivity contribution is -0.372. The molecule has 11 nitrogen and oxygen atoms in total. The van der Waals surface area contributed by atoms with E-state index >= 15 is 4.79 Å². The van der Waals surface area contributed by atoms with Crippen molar-refractivity contribution >= 4 is 17.5 Å². The summed E-state index contributed by atoms with van der Waals surface area (Å²) in [6.07, 6.45) is 0. The zero-order chi connectivity index (χ0) is 32.3. The Morgan fingerprint density at radius 3 is 1.39 bits per heavy atom. The van der Waals surface area contributed by atoms with Gasteiger partial charge >= 0.3 is 11.9 Å². The van der Waals surface area contributed by atoms with Crippen LogP contribution in [0.2, 0.25) is 0 Å². The summed E-state index contributed by atoms with van der Waals surface area (Å²) < 4.78 is 47.0. The standard InChI is InChI=1S/C35H28O11/c1-39-25-13-5-21(6-14-25)29(36)32-31(38)43-34(23-9-17-27(41-3)18-10-23)33(32,30(37)22-7-15-26(40-2)16-8-22)45-35(44-32,46-34)24-11-19-28(42-4)20-12-24/h5-20H,1-4H3/t32-,33+,34+,35-/m1/s1. The fourth-order valence-electron chi connectivity index (χ4n) is 6.30. The molecule has 0 aliphatic carbocycles. The molecule has 4 aromatic carbocycles. The Morgan fingerprint density at radius 2 is 0.935 bits per heavy atom. The number of carbonyl (C=O) groups excluding carboxylic acids is 3. The fraction of sp³-hybridized carbons (Fsp3) is 0.229. The van der Waals surface area contributed by atoms with Crippen LogP contribution >= 0.6 is 0 Å².